The summed E-state index contributed by atoms with van der Waals surface area (Å²) < 4.78 is 13.7. The van der Waals surface area contributed by atoms with Crippen LogP contribution in [0.2, 0.25) is 0 Å². The van der Waals surface area contributed by atoms with Crippen LogP contribution >= 0.6 is 0 Å². The summed E-state index contributed by atoms with van der Waals surface area (Å²) in [6.45, 7) is 0. The second-order valence-electron chi connectivity index (χ2n) is 17.2. The molecule has 0 atom stereocenters. The molecule has 1 aliphatic heterocycles. The van der Waals surface area contributed by atoms with E-state index in [-0.39, 0.29) is 0 Å². The highest BCUT2D eigenvalue weighted by atomic mass is 16.6. The van der Waals surface area contributed by atoms with Gasteiger partial charge in [0.25, 0.3) is 0 Å². The van der Waals surface area contributed by atoms with Crippen LogP contribution in [0.4, 0.5) is 0 Å². The Morgan fingerprint density at radius 3 is 1.52 bits per heavy atom. The van der Waals surface area contributed by atoms with Crippen LogP contribution < -0.4 is 9.47 Å². The van der Waals surface area contributed by atoms with Crippen LogP contribution in [-0.4, -0.2) is 9.97 Å². The first-order valence-electron chi connectivity index (χ1n) is 22.7. The number of benzene rings is 10. The van der Waals surface area contributed by atoms with Gasteiger partial charge in [-0.15, -0.1) is 0 Å². The van der Waals surface area contributed by atoms with E-state index in [4.69, 9.17) is 19.4 Å². The lowest BCUT2D eigenvalue weighted by Gasteiger charge is -2.34. The second kappa shape index (κ2) is 15.7. The van der Waals surface area contributed by atoms with Crippen molar-refractivity contribution < 1.29 is 9.47 Å². The Hall–Kier alpha value is -8.86. The maximum atomic E-state index is 6.92. The third-order valence-corrected chi connectivity index (χ3v) is 13.5. The minimum Gasteiger partial charge on any atom is -0.449 e. The number of aromatic nitrogens is 2. The summed E-state index contributed by atoms with van der Waals surface area (Å²) in [5.41, 5.74) is 15.7. The molecule has 0 fully saturated rings. The van der Waals surface area contributed by atoms with Crippen molar-refractivity contribution in [3.05, 3.63) is 265 Å². The van der Waals surface area contributed by atoms with Gasteiger partial charge in [0.1, 0.15) is 0 Å². The molecule has 0 spiro atoms. The van der Waals surface area contributed by atoms with Gasteiger partial charge in [-0.2, -0.15) is 0 Å². The summed E-state index contributed by atoms with van der Waals surface area (Å²) in [6.07, 6.45) is 0. The second-order valence-corrected chi connectivity index (χ2v) is 17.2. The molecule has 0 amide bonds. The van der Waals surface area contributed by atoms with Crippen LogP contribution in [0.3, 0.4) is 0 Å². The Morgan fingerprint density at radius 1 is 0.313 bits per heavy atom. The smallest absolute Gasteiger partial charge is 0.178 e. The highest BCUT2D eigenvalue weighted by Gasteiger charge is 2.48. The van der Waals surface area contributed by atoms with Crippen molar-refractivity contribution in [2.24, 2.45) is 0 Å². The third-order valence-electron chi connectivity index (χ3n) is 13.5. The molecule has 2 heterocycles. The topological polar surface area (TPSA) is 44.2 Å². The Balaban J connectivity index is 0.855. The van der Waals surface area contributed by atoms with Gasteiger partial charge in [0.2, 0.25) is 0 Å². The highest BCUT2D eigenvalue weighted by Crippen LogP contribution is 2.62. The van der Waals surface area contributed by atoms with Crippen molar-refractivity contribution in [2.75, 3.05) is 0 Å². The third kappa shape index (κ3) is 6.29. The largest absolute Gasteiger partial charge is 0.449 e. The van der Waals surface area contributed by atoms with E-state index < -0.39 is 5.41 Å². The number of hydrogen-bond donors (Lipinski definition) is 0. The zero-order chi connectivity index (χ0) is 44.3. The van der Waals surface area contributed by atoms with E-state index in [1.54, 1.807) is 0 Å². The van der Waals surface area contributed by atoms with Crippen LogP contribution in [-0.2, 0) is 5.41 Å². The molecule has 314 valence electrons. The monoisotopic (exact) mass is 856 g/mol. The minimum absolute atomic E-state index is 0.526. The summed E-state index contributed by atoms with van der Waals surface area (Å²) >= 11 is 0. The van der Waals surface area contributed by atoms with E-state index in [2.05, 4.69) is 231 Å². The van der Waals surface area contributed by atoms with Crippen molar-refractivity contribution in [3.63, 3.8) is 0 Å². The molecule has 0 bridgehead atoms. The van der Waals surface area contributed by atoms with Crippen molar-refractivity contribution in [2.45, 2.75) is 5.41 Å². The zero-order valence-electron chi connectivity index (χ0n) is 36.3. The molecule has 1 aromatic heterocycles. The van der Waals surface area contributed by atoms with Gasteiger partial charge in [0.05, 0.1) is 16.8 Å². The van der Waals surface area contributed by atoms with Crippen molar-refractivity contribution in [1.82, 2.24) is 9.97 Å². The molecule has 0 unspecified atom stereocenters. The quantitative estimate of drug-likeness (QED) is 0.160. The van der Waals surface area contributed by atoms with Crippen molar-refractivity contribution >= 4 is 10.8 Å². The number of hydrogen-bond acceptors (Lipinski definition) is 4. The van der Waals surface area contributed by atoms with E-state index >= 15 is 0 Å². The first-order chi connectivity index (χ1) is 33.2. The Morgan fingerprint density at radius 2 is 0.836 bits per heavy atom. The number of fused-ring (bicyclic) bond motifs is 7. The standard InChI is InChI=1S/C63H40N2O2/c1-5-17-42(18-6-1)48-34-35-51(50-26-14-13-25-49(48)50)62-64-55(43-19-7-2-8-20-43)40-56(65-62)44-31-29-41(30-32-44)45-33-37-57-59(39-45)66-58-38-36-54-60(61(58)67-57)52-27-15-16-28-53(52)63(54,46-21-9-3-10-22-46)47-23-11-4-12-24-47/h1-40H. The van der Waals surface area contributed by atoms with Gasteiger partial charge < -0.3 is 9.47 Å². The highest BCUT2D eigenvalue weighted by molar-refractivity contribution is 6.04. The van der Waals surface area contributed by atoms with E-state index in [9.17, 15) is 0 Å². The molecule has 11 aromatic rings. The summed E-state index contributed by atoms with van der Waals surface area (Å²) in [6, 6.07) is 85.3. The van der Waals surface area contributed by atoms with E-state index in [1.807, 2.05) is 12.1 Å². The molecule has 1 aliphatic carbocycles. The van der Waals surface area contributed by atoms with E-state index in [1.165, 1.54) is 33.4 Å². The molecule has 0 N–H and O–H groups in total. The molecular formula is C63H40N2O2. The predicted molar refractivity (Wildman–Crippen MR) is 271 cm³/mol. The number of rotatable bonds is 7. The first kappa shape index (κ1) is 38.6. The predicted octanol–water partition coefficient (Wildman–Crippen LogP) is 16.2. The normalized spacial score (nSPS) is 12.8. The molecule has 13 rings (SSSR count). The fraction of sp³-hybridized carbons (Fsp3) is 0.0159. The molecular weight excluding hydrogens is 817 g/mol. The zero-order valence-corrected chi connectivity index (χ0v) is 36.3. The average molecular weight is 857 g/mol. The van der Waals surface area contributed by atoms with Gasteiger partial charge in [0.15, 0.2) is 28.8 Å². The fourth-order valence-electron chi connectivity index (χ4n) is 10.4. The SMILES string of the molecule is c1ccc(-c2cc(-c3ccc(-c4ccc5c(c4)Oc4ccc6c(c4O5)-c4ccccc4C6(c4ccccc4)c4ccccc4)cc3)nc(-c3ccc(-c4ccccc4)c4ccccc34)n2)cc1. The van der Waals surface area contributed by atoms with Gasteiger partial charge in [-0.3, -0.25) is 0 Å². The average Bonchev–Trinajstić information content (AvgIpc) is 3.72. The molecule has 4 nitrogen and oxygen atoms in total. The maximum Gasteiger partial charge on any atom is 0.178 e. The van der Waals surface area contributed by atoms with Crippen LogP contribution in [0, 0.1) is 0 Å². The van der Waals surface area contributed by atoms with Gasteiger partial charge in [0, 0.05) is 22.3 Å². The van der Waals surface area contributed by atoms with Gasteiger partial charge in [-0.25, -0.2) is 9.97 Å². The van der Waals surface area contributed by atoms with Gasteiger partial charge in [-0.05, 0) is 91.2 Å². The van der Waals surface area contributed by atoms with Crippen molar-refractivity contribution in [3.8, 4) is 90.3 Å². The maximum absolute atomic E-state index is 6.92. The lowest BCUT2D eigenvalue weighted by Crippen LogP contribution is -2.28. The van der Waals surface area contributed by atoms with Crippen molar-refractivity contribution in [1.29, 1.82) is 0 Å². The van der Waals surface area contributed by atoms with Crippen LogP contribution in [0.1, 0.15) is 22.3 Å². The molecule has 4 heteroatoms. The summed E-state index contributed by atoms with van der Waals surface area (Å²) in [5, 5.41) is 2.27. The molecule has 67 heavy (non-hydrogen) atoms. The lowest BCUT2D eigenvalue weighted by molar-refractivity contribution is 0.360. The summed E-state index contributed by atoms with van der Waals surface area (Å²) in [4.78, 5) is 10.5. The molecule has 2 aliphatic rings. The van der Waals surface area contributed by atoms with Gasteiger partial charge in [-0.1, -0.05) is 212 Å². The number of ether oxygens (including phenoxy) is 2. The molecule has 0 saturated carbocycles. The van der Waals surface area contributed by atoms with Gasteiger partial charge >= 0.3 is 0 Å². The Bertz CT molecular complexity index is 3630. The van der Waals surface area contributed by atoms with Crippen LogP contribution in [0.15, 0.2) is 243 Å². The minimum atomic E-state index is -0.526. The van der Waals surface area contributed by atoms with E-state index in [0.29, 0.717) is 23.1 Å². The Labute approximate surface area is 389 Å². The van der Waals surface area contributed by atoms with Crippen LogP contribution in [0.5, 0.6) is 23.0 Å². The first-order valence-corrected chi connectivity index (χ1v) is 22.7. The molecule has 10 aromatic carbocycles. The fourth-order valence-corrected chi connectivity index (χ4v) is 10.4. The Kier molecular flexibility index (Phi) is 9.04. The van der Waals surface area contributed by atoms with E-state index in [0.717, 1.165) is 66.9 Å². The summed E-state index contributed by atoms with van der Waals surface area (Å²) in [7, 11) is 0. The number of nitrogens with zero attached hydrogens (tertiary/aromatic N) is 2. The summed E-state index contributed by atoms with van der Waals surface area (Å²) in [5.74, 6) is 3.48. The van der Waals surface area contributed by atoms with Crippen LogP contribution in [0.25, 0.3) is 78.1 Å². The molecule has 0 saturated heterocycles. The lowest BCUT2D eigenvalue weighted by atomic mass is 9.68. The molecule has 0 radical (unpaired) electrons.